The van der Waals surface area contributed by atoms with E-state index in [4.69, 9.17) is 5.11 Å². The van der Waals surface area contributed by atoms with Crippen molar-refractivity contribution in [2.75, 3.05) is 13.1 Å². The van der Waals surface area contributed by atoms with Crippen molar-refractivity contribution >= 4 is 11.9 Å². The third kappa shape index (κ3) is 3.11. The van der Waals surface area contributed by atoms with Crippen LogP contribution in [0.5, 0.6) is 0 Å². The van der Waals surface area contributed by atoms with Crippen molar-refractivity contribution in [3.8, 4) is 5.69 Å². The van der Waals surface area contributed by atoms with E-state index in [0.29, 0.717) is 31.5 Å². The molecule has 0 aliphatic carbocycles. The molecule has 0 spiro atoms. The van der Waals surface area contributed by atoms with Crippen molar-refractivity contribution in [3.63, 3.8) is 0 Å². The Balaban J connectivity index is 1.69. The molecule has 0 bridgehead atoms. The van der Waals surface area contributed by atoms with Gasteiger partial charge in [0.05, 0.1) is 11.6 Å². The van der Waals surface area contributed by atoms with Crippen LogP contribution in [0.25, 0.3) is 5.69 Å². The van der Waals surface area contributed by atoms with E-state index in [1.54, 1.807) is 23.2 Å². The first kappa shape index (κ1) is 15.3. The molecule has 1 aliphatic heterocycles. The Morgan fingerprint density at radius 2 is 1.78 bits per heavy atom. The van der Waals surface area contributed by atoms with Gasteiger partial charge in [0.15, 0.2) is 0 Å². The zero-order valence-electron chi connectivity index (χ0n) is 13.0. The van der Waals surface area contributed by atoms with Crippen molar-refractivity contribution in [2.45, 2.75) is 19.8 Å². The van der Waals surface area contributed by atoms with E-state index in [-0.39, 0.29) is 11.8 Å². The standard InChI is InChI=1S/C17H19N3O3/c1-12-6-9-18-20(12)15-4-2-13(3-5-15)16(21)19-10-7-14(8-11-19)17(22)23/h2-6,9,14H,7-8,10-11H2,1H3,(H,22,23). The highest BCUT2D eigenvalue weighted by Gasteiger charge is 2.27. The molecule has 0 radical (unpaired) electrons. The lowest BCUT2D eigenvalue weighted by Gasteiger charge is -2.30. The van der Waals surface area contributed by atoms with Crippen LogP contribution < -0.4 is 0 Å². The zero-order chi connectivity index (χ0) is 16.4. The van der Waals surface area contributed by atoms with Gasteiger partial charge in [-0.3, -0.25) is 9.59 Å². The fourth-order valence-electron chi connectivity index (χ4n) is 2.90. The highest BCUT2D eigenvalue weighted by atomic mass is 16.4. The molecule has 1 aromatic heterocycles. The summed E-state index contributed by atoms with van der Waals surface area (Å²) >= 11 is 0. The van der Waals surface area contributed by atoms with Gasteiger partial charge in [0.2, 0.25) is 0 Å². The van der Waals surface area contributed by atoms with E-state index in [9.17, 15) is 9.59 Å². The molecule has 2 heterocycles. The second-order valence-electron chi connectivity index (χ2n) is 5.84. The van der Waals surface area contributed by atoms with Gasteiger partial charge in [0.1, 0.15) is 0 Å². The number of aliphatic carboxylic acids is 1. The number of carbonyl (C=O) groups is 2. The molecule has 0 saturated carbocycles. The van der Waals surface area contributed by atoms with Gasteiger partial charge in [0.25, 0.3) is 5.91 Å². The molecule has 3 rings (SSSR count). The molecule has 1 aliphatic rings. The number of rotatable bonds is 3. The maximum absolute atomic E-state index is 12.5. The predicted octanol–water partition coefficient (Wildman–Crippen LogP) is 2.12. The number of benzene rings is 1. The van der Waals surface area contributed by atoms with Gasteiger partial charge in [0, 0.05) is 30.5 Å². The molecule has 1 N–H and O–H groups in total. The average molecular weight is 313 g/mol. The summed E-state index contributed by atoms with van der Waals surface area (Å²) in [6.07, 6.45) is 2.78. The van der Waals surface area contributed by atoms with Gasteiger partial charge in [-0.05, 0) is 50.1 Å². The summed E-state index contributed by atoms with van der Waals surface area (Å²) in [5.74, 6) is -1.14. The first-order valence-corrected chi connectivity index (χ1v) is 7.69. The molecule has 2 aromatic rings. The summed E-state index contributed by atoms with van der Waals surface area (Å²) in [5.41, 5.74) is 2.56. The first-order valence-electron chi connectivity index (χ1n) is 7.69. The number of carboxylic acid groups (broad SMARTS) is 1. The Labute approximate surface area is 134 Å². The molecule has 0 atom stereocenters. The normalized spacial score (nSPS) is 15.6. The molecule has 120 valence electrons. The molecule has 1 amide bonds. The van der Waals surface area contributed by atoms with Gasteiger partial charge in [-0.1, -0.05) is 0 Å². The second kappa shape index (κ2) is 6.24. The van der Waals surface area contributed by atoms with E-state index in [2.05, 4.69) is 5.10 Å². The minimum absolute atomic E-state index is 0.0439. The van der Waals surface area contributed by atoms with Crippen LogP contribution in [0.3, 0.4) is 0 Å². The van der Waals surface area contributed by atoms with Crippen LogP contribution in [0.4, 0.5) is 0 Å². The SMILES string of the molecule is Cc1ccnn1-c1ccc(C(=O)N2CCC(C(=O)O)CC2)cc1. The summed E-state index contributed by atoms with van der Waals surface area (Å²) in [5, 5.41) is 13.3. The number of likely N-dealkylation sites (tertiary alicyclic amines) is 1. The van der Waals surface area contributed by atoms with Crippen LogP contribution >= 0.6 is 0 Å². The molecular formula is C17H19N3O3. The molecule has 23 heavy (non-hydrogen) atoms. The lowest BCUT2D eigenvalue weighted by Crippen LogP contribution is -2.40. The predicted molar refractivity (Wildman–Crippen MR) is 84.6 cm³/mol. The Kier molecular flexibility index (Phi) is 4.14. The zero-order valence-corrected chi connectivity index (χ0v) is 13.0. The fraction of sp³-hybridized carbons (Fsp3) is 0.353. The summed E-state index contributed by atoms with van der Waals surface area (Å²) in [6.45, 7) is 2.96. The van der Waals surface area contributed by atoms with Gasteiger partial charge in [-0.15, -0.1) is 0 Å². The summed E-state index contributed by atoms with van der Waals surface area (Å²) in [6, 6.07) is 9.25. The van der Waals surface area contributed by atoms with Crippen molar-refractivity contribution in [2.24, 2.45) is 5.92 Å². The van der Waals surface area contributed by atoms with E-state index in [1.165, 1.54) is 0 Å². The highest BCUT2D eigenvalue weighted by molar-refractivity contribution is 5.94. The maximum atomic E-state index is 12.5. The third-order valence-electron chi connectivity index (χ3n) is 4.32. The van der Waals surface area contributed by atoms with E-state index < -0.39 is 5.97 Å². The number of carboxylic acids is 1. The number of hydrogen-bond acceptors (Lipinski definition) is 3. The van der Waals surface area contributed by atoms with Crippen molar-refractivity contribution < 1.29 is 14.7 Å². The third-order valence-corrected chi connectivity index (χ3v) is 4.32. The lowest BCUT2D eigenvalue weighted by molar-refractivity contribution is -0.143. The van der Waals surface area contributed by atoms with Crippen molar-refractivity contribution in [1.82, 2.24) is 14.7 Å². The van der Waals surface area contributed by atoms with Crippen molar-refractivity contribution in [3.05, 3.63) is 47.8 Å². The Morgan fingerprint density at radius 3 is 2.30 bits per heavy atom. The van der Waals surface area contributed by atoms with Crippen LogP contribution in [0.15, 0.2) is 36.5 Å². The molecule has 6 heteroatoms. The van der Waals surface area contributed by atoms with Crippen LogP contribution in [-0.2, 0) is 4.79 Å². The summed E-state index contributed by atoms with van der Waals surface area (Å²) in [4.78, 5) is 25.2. The minimum Gasteiger partial charge on any atom is -0.481 e. The van der Waals surface area contributed by atoms with Gasteiger partial charge in [-0.25, -0.2) is 4.68 Å². The largest absolute Gasteiger partial charge is 0.481 e. The number of aryl methyl sites for hydroxylation is 1. The molecule has 0 unspecified atom stereocenters. The van der Waals surface area contributed by atoms with Gasteiger partial charge in [-0.2, -0.15) is 5.10 Å². The molecule has 1 saturated heterocycles. The minimum atomic E-state index is -0.768. The van der Waals surface area contributed by atoms with Gasteiger partial charge < -0.3 is 10.0 Å². The van der Waals surface area contributed by atoms with Crippen LogP contribution in [-0.4, -0.2) is 44.8 Å². The van der Waals surface area contributed by atoms with Crippen molar-refractivity contribution in [1.29, 1.82) is 0 Å². The Bertz CT molecular complexity index is 713. The summed E-state index contributed by atoms with van der Waals surface area (Å²) in [7, 11) is 0. The van der Waals surface area contributed by atoms with Crippen LogP contribution in [0, 0.1) is 12.8 Å². The first-order chi connectivity index (χ1) is 11.1. The fourth-order valence-corrected chi connectivity index (χ4v) is 2.90. The monoisotopic (exact) mass is 313 g/mol. The molecular weight excluding hydrogens is 294 g/mol. The van der Waals surface area contributed by atoms with E-state index in [1.807, 2.05) is 29.8 Å². The van der Waals surface area contributed by atoms with Crippen LogP contribution in [0.1, 0.15) is 28.9 Å². The maximum Gasteiger partial charge on any atom is 0.306 e. The van der Waals surface area contributed by atoms with E-state index >= 15 is 0 Å². The number of amides is 1. The molecule has 1 fully saturated rings. The average Bonchev–Trinajstić information content (AvgIpc) is 3.00. The van der Waals surface area contributed by atoms with Gasteiger partial charge >= 0.3 is 5.97 Å². The van der Waals surface area contributed by atoms with E-state index in [0.717, 1.165) is 11.4 Å². The number of aromatic nitrogens is 2. The number of nitrogens with zero attached hydrogens (tertiary/aromatic N) is 3. The number of carbonyl (C=O) groups excluding carboxylic acids is 1. The lowest BCUT2D eigenvalue weighted by atomic mass is 9.96. The topological polar surface area (TPSA) is 75.4 Å². The molecule has 1 aromatic carbocycles. The quantitative estimate of drug-likeness (QED) is 0.942. The smallest absolute Gasteiger partial charge is 0.306 e. The number of piperidine rings is 1. The Hall–Kier alpha value is -2.63. The Morgan fingerprint density at radius 1 is 1.13 bits per heavy atom. The highest BCUT2D eigenvalue weighted by Crippen LogP contribution is 2.20. The molecule has 6 nitrogen and oxygen atoms in total. The number of hydrogen-bond donors (Lipinski definition) is 1. The van der Waals surface area contributed by atoms with Crippen LogP contribution in [0.2, 0.25) is 0 Å². The second-order valence-corrected chi connectivity index (χ2v) is 5.84. The summed E-state index contributed by atoms with van der Waals surface area (Å²) < 4.78 is 1.81.